The van der Waals surface area contributed by atoms with Crippen LogP contribution in [0.15, 0.2) is 48.5 Å². The van der Waals surface area contributed by atoms with E-state index in [0.717, 1.165) is 6.07 Å². The van der Waals surface area contributed by atoms with Crippen molar-refractivity contribution in [3.63, 3.8) is 0 Å². The zero-order chi connectivity index (χ0) is 24.3. The van der Waals surface area contributed by atoms with Gasteiger partial charge in [0.1, 0.15) is 11.5 Å². The molecule has 34 heavy (non-hydrogen) atoms. The highest BCUT2D eigenvalue weighted by Gasteiger charge is 2.53. The Labute approximate surface area is 189 Å². The van der Waals surface area contributed by atoms with E-state index in [-0.39, 0.29) is 28.7 Å². The van der Waals surface area contributed by atoms with Crippen LogP contribution in [0, 0.1) is 6.92 Å². The molecule has 3 aromatic rings. The van der Waals surface area contributed by atoms with Crippen molar-refractivity contribution in [3.05, 3.63) is 65.4 Å². The van der Waals surface area contributed by atoms with Crippen molar-refractivity contribution in [1.29, 1.82) is 0 Å². The van der Waals surface area contributed by atoms with Gasteiger partial charge in [-0.25, -0.2) is 9.97 Å². The Bertz CT molecular complexity index is 1310. The van der Waals surface area contributed by atoms with Crippen LogP contribution in [0.5, 0.6) is 11.5 Å². The number of aromatic nitrogens is 2. The first kappa shape index (κ1) is 22.1. The normalized spacial score (nSPS) is 17.4. The maximum Gasteiger partial charge on any atom is 0.586 e. The molecule has 0 radical (unpaired) electrons. The fourth-order valence-corrected chi connectivity index (χ4v) is 3.84. The van der Waals surface area contributed by atoms with Crippen LogP contribution in [0.3, 0.4) is 0 Å². The molecule has 1 aromatic carbocycles. The number of alkyl halides is 5. The minimum absolute atomic E-state index is 0.0151. The average molecular weight is 477 g/mol. The Morgan fingerprint density at radius 1 is 1.00 bits per heavy atom. The summed E-state index contributed by atoms with van der Waals surface area (Å²) in [6.45, 7) is 1.67. The SMILES string of the molecule is Cc1ccc(NC(=O)C2(c3ccc4c(c3)OC(F)(F)O4)CC2)nc1-c1cccc(C(F)(F)F)n1. The highest BCUT2D eigenvalue weighted by molar-refractivity contribution is 6.01. The van der Waals surface area contributed by atoms with E-state index in [1.807, 2.05) is 0 Å². The molecular weight excluding hydrogens is 461 g/mol. The van der Waals surface area contributed by atoms with E-state index in [1.165, 1.54) is 36.4 Å². The Morgan fingerprint density at radius 3 is 2.44 bits per heavy atom. The lowest BCUT2D eigenvalue weighted by Gasteiger charge is -2.17. The number of amides is 1. The summed E-state index contributed by atoms with van der Waals surface area (Å²) in [7, 11) is 0. The summed E-state index contributed by atoms with van der Waals surface area (Å²) in [5, 5.41) is 2.69. The summed E-state index contributed by atoms with van der Waals surface area (Å²) in [5.41, 5.74) is -0.747. The largest absolute Gasteiger partial charge is 0.586 e. The third-order valence-corrected chi connectivity index (χ3v) is 5.76. The second kappa shape index (κ2) is 7.37. The topological polar surface area (TPSA) is 73.3 Å². The smallest absolute Gasteiger partial charge is 0.395 e. The van der Waals surface area contributed by atoms with E-state index in [1.54, 1.807) is 13.0 Å². The summed E-state index contributed by atoms with van der Waals surface area (Å²) >= 11 is 0. The van der Waals surface area contributed by atoms with E-state index >= 15 is 0 Å². The highest BCUT2D eigenvalue weighted by Crippen LogP contribution is 2.52. The van der Waals surface area contributed by atoms with Gasteiger partial charge in [0.15, 0.2) is 11.5 Å². The van der Waals surface area contributed by atoms with Gasteiger partial charge in [0, 0.05) is 0 Å². The molecule has 0 saturated heterocycles. The number of ether oxygens (including phenoxy) is 2. The highest BCUT2D eigenvalue weighted by atomic mass is 19.4. The van der Waals surface area contributed by atoms with Gasteiger partial charge in [-0.3, -0.25) is 4.79 Å². The number of anilines is 1. The van der Waals surface area contributed by atoms with E-state index < -0.39 is 29.5 Å². The predicted octanol–water partition coefficient (Wildman–Crippen LogP) is 5.46. The average Bonchev–Trinajstić information content (AvgIpc) is 3.51. The number of aryl methyl sites for hydroxylation is 1. The van der Waals surface area contributed by atoms with Crippen LogP contribution < -0.4 is 14.8 Å². The molecule has 176 valence electrons. The molecule has 1 aliphatic heterocycles. The number of nitrogens with zero attached hydrogens (tertiary/aromatic N) is 2. The van der Waals surface area contributed by atoms with Gasteiger partial charge < -0.3 is 14.8 Å². The molecule has 2 aromatic heterocycles. The second-order valence-electron chi connectivity index (χ2n) is 8.13. The predicted molar refractivity (Wildman–Crippen MR) is 109 cm³/mol. The standard InChI is InChI=1S/C23H16F5N3O3/c1-12-5-8-18(30-19(12)14-3-2-4-17(29-14)22(24,25)26)31-20(32)21(9-10-21)13-6-7-15-16(11-13)34-23(27,28)33-15/h2-8,11H,9-10H2,1H3,(H,30,31,32). The second-order valence-corrected chi connectivity index (χ2v) is 8.13. The third kappa shape index (κ3) is 3.91. The molecule has 1 fully saturated rings. The first-order chi connectivity index (χ1) is 16.0. The van der Waals surface area contributed by atoms with Gasteiger partial charge in [-0.2, -0.15) is 13.2 Å². The molecule has 1 saturated carbocycles. The van der Waals surface area contributed by atoms with Crippen LogP contribution in [0.2, 0.25) is 0 Å². The number of fused-ring (bicyclic) bond motifs is 1. The van der Waals surface area contributed by atoms with Crippen LogP contribution in [0.1, 0.15) is 29.7 Å². The zero-order valence-electron chi connectivity index (χ0n) is 17.5. The number of nitrogens with one attached hydrogen (secondary N) is 1. The summed E-state index contributed by atoms with van der Waals surface area (Å²) in [6.07, 6.45) is -7.42. The van der Waals surface area contributed by atoms with Crippen molar-refractivity contribution in [2.45, 2.75) is 37.7 Å². The fraction of sp³-hybridized carbons (Fsp3) is 0.261. The monoisotopic (exact) mass is 477 g/mol. The molecule has 0 unspecified atom stereocenters. The van der Waals surface area contributed by atoms with Gasteiger partial charge >= 0.3 is 12.5 Å². The minimum Gasteiger partial charge on any atom is -0.395 e. The molecule has 0 bridgehead atoms. The van der Waals surface area contributed by atoms with E-state index in [2.05, 4.69) is 24.8 Å². The molecular formula is C23H16F5N3O3. The molecule has 0 spiro atoms. The molecule has 5 rings (SSSR count). The molecule has 3 heterocycles. The number of pyridine rings is 2. The molecule has 6 nitrogen and oxygen atoms in total. The lowest BCUT2D eigenvalue weighted by Crippen LogP contribution is -2.28. The van der Waals surface area contributed by atoms with Crippen LogP contribution in [-0.2, 0) is 16.4 Å². The number of rotatable bonds is 4. The van der Waals surface area contributed by atoms with Gasteiger partial charge in [-0.05, 0) is 61.2 Å². The molecule has 0 atom stereocenters. The summed E-state index contributed by atoms with van der Waals surface area (Å²) < 4.78 is 74.7. The lowest BCUT2D eigenvalue weighted by atomic mass is 9.94. The molecule has 2 aliphatic rings. The number of carbonyl (C=O) groups excluding carboxylic acids is 1. The van der Waals surface area contributed by atoms with E-state index in [9.17, 15) is 26.7 Å². The van der Waals surface area contributed by atoms with Crippen LogP contribution in [0.4, 0.5) is 27.8 Å². The number of hydrogen-bond donors (Lipinski definition) is 1. The fourth-order valence-electron chi connectivity index (χ4n) is 3.84. The Balaban J connectivity index is 1.40. The maximum absolute atomic E-state index is 13.3. The first-order valence-corrected chi connectivity index (χ1v) is 10.2. The lowest BCUT2D eigenvalue weighted by molar-refractivity contribution is -0.286. The molecule has 11 heteroatoms. The van der Waals surface area contributed by atoms with E-state index in [4.69, 9.17) is 0 Å². The van der Waals surface area contributed by atoms with Gasteiger partial charge in [-0.1, -0.05) is 18.2 Å². The van der Waals surface area contributed by atoms with Crippen molar-refractivity contribution in [2.75, 3.05) is 5.32 Å². The number of carbonyl (C=O) groups is 1. The van der Waals surface area contributed by atoms with Crippen molar-refractivity contribution >= 4 is 11.7 Å². The Hall–Kier alpha value is -3.76. The molecule has 1 amide bonds. The summed E-state index contributed by atoms with van der Waals surface area (Å²) in [4.78, 5) is 21.1. The van der Waals surface area contributed by atoms with Crippen molar-refractivity contribution in [1.82, 2.24) is 9.97 Å². The van der Waals surface area contributed by atoms with Crippen molar-refractivity contribution < 1.29 is 36.2 Å². The minimum atomic E-state index is -4.61. The number of hydrogen-bond acceptors (Lipinski definition) is 5. The Kier molecular flexibility index (Phi) is 4.78. The molecule has 1 N–H and O–H groups in total. The van der Waals surface area contributed by atoms with Gasteiger partial charge in [0.2, 0.25) is 5.91 Å². The Morgan fingerprint density at radius 2 is 1.74 bits per heavy atom. The third-order valence-electron chi connectivity index (χ3n) is 5.76. The first-order valence-electron chi connectivity index (χ1n) is 10.2. The molecule has 1 aliphatic carbocycles. The van der Waals surface area contributed by atoms with Crippen molar-refractivity contribution in [3.8, 4) is 22.9 Å². The van der Waals surface area contributed by atoms with Crippen molar-refractivity contribution in [2.24, 2.45) is 0 Å². The zero-order valence-corrected chi connectivity index (χ0v) is 17.5. The number of benzene rings is 1. The maximum atomic E-state index is 13.3. The van der Waals surface area contributed by atoms with Gasteiger partial charge in [0.25, 0.3) is 0 Å². The van der Waals surface area contributed by atoms with Crippen LogP contribution in [-0.4, -0.2) is 22.2 Å². The quantitative estimate of drug-likeness (QED) is 0.505. The summed E-state index contributed by atoms with van der Waals surface area (Å²) in [5.74, 6) is -0.572. The van der Waals surface area contributed by atoms with Gasteiger partial charge in [-0.15, -0.1) is 8.78 Å². The van der Waals surface area contributed by atoms with E-state index in [0.29, 0.717) is 24.0 Å². The van der Waals surface area contributed by atoms with Crippen LogP contribution >= 0.6 is 0 Å². The summed E-state index contributed by atoms with van der Waals surface area (Å²) in [6, 6.07) is 10.8. The number of halogens is 5. The van der Waals surface area contributed by atoms with Crippen LogP contribution in [0.25, 0.3) is 11.4 Å². The van der Waals surface area contributed by atoms with Gasteiger partial charge in [0.05, 0.1) is 16.8 Å².